The SMILES string of the molecule is COCCNC(=O)NC(C)C(=O)OC. The largest absolute Gasteiger partial charge is 0.467 e. The first kappa shape index (κ1) is 12.7. The Morgan fingerprint density at radius 3 is 2.50 bits per heavy atom. The molecular formula is C8H16N2O4. The van der Waals surface area contributed by atoms with E-state index in [-0.39, 0.29) is 0 Å². The molecule has 0 aliphatic rings. The highest BCUT2D eigenvalue weighted by molar-refractivity contribution is 5.83. The maximum Gasteiger partial charge on any atom is 0.328 e. The predicted octanol–water partition coefficient (Wildman–Crippen LogP) is -0.506. The summed E-state index contributed by atoms with van der Waals surface area (Å²) < 4.78 is 9.16. The number of amides is 2. The van der Waals surface area contributed by atoms with E-state index < -0.39 is 18.0 Å². The summed E-state index contributed by atoms with van der Waals surface area (Å²) in [6, 6.07) is -1.07. The first-order valence-electron chi connectivity index (χ1n) is 4.23. The molecule has 0 aliphatic carbocycles. The summed E-state index contributed by atoms with van der Waals surface area (Å²) >= 11 is 0. The van der Waals surface area contributed by atoms with Crippen molar-refractivity contribution in [2.75, 3.05) is 27.4 Å². The summed E-state index contributed by atoms with van der Waals surface area (Å²) in [4.78, 5) is 22.0. The van der Waals surface area contributed by atoms with Crippen LogP contribution >= 0.6 is 0 Å². The minimum atomic E-state index is -0.650. The molecule has 0 saturated heterocycles. The van der Waals surface area contributed by atoms with E-state index in [1.54, 1.807) is 6.92 Å². The van der Waals surface area contributed by atoms with E-state index in [1.807, 2.05) is 0 Å². The summed E-state index contributed by atoms with van der Waals surface area (Å²) in [6.07, 6.45) is 0. The highest BCUT2D eigenvalue weighted by atomic mass is 16.5. The van der Waals surface area contributed by atoms with Gasteiger partial charge in [-0.05, 0) is 6.92 Å². The van der Waals surface area contributed by atoms with Gasteiger partial charge in [-0.25, -0.2) is 9.59 Å². The molecule has 0 radical (unpaired) electrons. The molecule has 0 aromatic rings. The number of ether oxygens (including phenoxy) is 2. The molecule has 0 aromatic heterocycles. The number of methoxy groups -OCH3 is 2. The summed E-state index contributed by atoms with van der Waals surface area (Å²) in [7, 11) is 2.81. The maximum absolute atomic E-state index is 11.1. The van der Waals surface area contributed by atoms with E-state index in [1.165, 1.54) is 14.2 Å². The smallest absolute Gasteiger partial charge is 0.328 e. The zero-order valence-corrected chi connectivity index (χ0v) is 8.62. The van der Waals surface area contributed by atoms with Gasteiger partial charge in [0.05, 0.1) is 13.7 Å². The number of urea groups is 1. The zero-order valence-electron chi connectivity index (χ0n) is 8.62. The standard InChI is InChI=1S/C8H16N2O4/c1-6(7(11)14-3)10-8(12)9-4-5-13-2/h6H,4-5H2,1-3H3,(H2,9,10,12). The number of carbonyl (C=O) groups is 2. The maximum atomic E-state index is 11.1. The van der Waals surface area contributed by atoms with Crippen molar-refractivity contribution in [3.8, 4) is 0 Å². The first-order valence-corrected chi connectivity index (χ1v) is 4.23. The van der Waals surface area contributed by atoms with Crippen LogP contribution in [0, 0.1) is 0 Å². The van der Waals surface area contributed by atoms with Crippen LogP contribution in [0.25, 0.3) is 0 Å². The minimum absolute atomic E-state index is 0.399. The van der Waals surface area contributed by atoms with E-state index in [0.29, 0.717) is 13.2 Å². The average molecular weight is 204 g/mol. The Labute approximate surface area is 82.9 Å². The van der Waals surface area contributed by atoms with Gasteiger partial charge in [-0.3, -0.25) is 0 Å². The third-order valence-electron chi connectivity index (χ3n) is 1.49. The van der Waals surface area contributed by atoms with E-state index >= 15 is 0 Å². The Kier molecular flexibility index (Phi) is 6.47. The number of carbonyl (C=O) groups excluding carboxylic acids is 2. The Balaban J connectivity index is 3.65. The Hall–Kier alpha value is -1.30. The molecule has 0 heterocycles. The van der Waals surface area contributed by atoms with Gasteiger partial charge in [0.15, 0.2) is 0 Å². The normalized spacial score (nSPS) is 11.6. The van der Waals surface area contributed by atoms with Crippen LogP contribution < -0.4 is 10.6 Å². The summed E-state index contributed by atoms with van der Waals surface area (Å²) in [5.41, 5.74) is 0. The van der Waals surface area contributed by atoms with Crippen molar-refractivity contribution in [1.82, 2.24) is 10.6 Å². The van der Waals surface area contributed by atoms with Crippen LogP contribution in [0.5, 0.6) is 0 Å². The molecular weight excluding hydrogens is 188 g/mol. The van der Waals surface area contributed by atoms with E-state index in [2.05, 4.69) is 15.4 Å². The molecule has 2 N–H and O–H groups in total. The number of hydrogen-bond donors (Lipinski definition) is 2. The molecule has 0 spiro atoms. The van der Waals surface area contributed by atoms with Crippen LogP contribution in [0.4, 0.5) is 4.79 Å². The molecule has 6 nitrogen and oxygen atoms in total. The molecule has 0 fully saturated rings. The molecule has 0 saturated carbocycles. The van der Waals surface area contributed by atoms with Crippen molar-refractivity contribution < 1.29 is 19.1 Å². The highest BCUT2D eigenvalue weighted by Crippen LogP contribution is 1.84. The quantitative estimate of drug-likeness (QED) is 0.467. The molecule has 1 atom stereocenters. The monoisotopic (exact) mass is 204 g/mol. The Morgan fingerprint density at radius 2 is 2.00 bits per heavy atom. The van der Waals surface area contributed by atoms with E-state index in [9.17, 15) is 9.59 Å². The first-order chi connectivity index (χ1) is 6.61. The molecule has 0 aromatic carbocycles. The van der Waals surface area contributed by atoms with Gasteiger partial charge in [0.25, 0.3) is 0 Å². The van der Waals surface area contributed by atoms with Crippen LogP contribution in [0.2, 0.25) is 0 Å². The van der Waals surface area contributed by atoms with Crippen molar-refractivity contribution in [2.24, 2.45) is 0 Å². The second-order valence-electron chi connectivity index (χ2n) is 2.64. The van der Waals surface area contributed by atoms with Gasteiger partial charge in [-0.1, -0.05) is 0 Å². The number of nitrogens with one attached hydrogen (secondary N) is 2. The van der Waals surface area contributed by atoms with Gasteiger partial charge in [0, 0.05) is 13.7 Å². The van der Waals surface area contributed by atoms with Crippen molar-refractivity contribution >= 4 is 12.0 Å². The fourth-order valence-corrected chi connectivity index (χ4v) is 0.750. The average Bonchev–Trinajstić information content (AvgIpc) is 2.16. The summed E-state index contributed by atoms with van der Waals surface area (Å²) in [6.45, 7) is 2.37. The lowest BCUT2D eigenvalue weighted by molar-refractivity contribution is -0.142. The van der Waals surface area contributed by atoms with Crippen molar-refractivity contribution in [3.05, 3.63) is 0 Å². The van der Waals surface area contributed by atoms with Crippen molar-refractivity contribution in [2.45, 2.75) is 13.0 Å². The number of esters is 1. The van der Waals surface area contributed by atoms with E-state index in [0.717, 1.165) is 0 Å². The lowest BCUT2D eigenvalue weighted by Crippen LogP contribution is -2.45. The van der Waals surface area contributed by atoms with E-state index in [4.69, 9.17) is 4.74 Å². The van der Waals surface area contributed by atoms with Crippen LogP contribution in [0.1, 0.15) is 6.92 Å². The Bertz CT molecular complexity index is 196. The predicted molar refractivity (Wildman–Crippen MR) is 49.9 cm³/mol. The number of rotatable bonds is 5. The molecule has 82 valence electrons. The van der Waals surface area contributed by atoms with Gasteiger partial charge >= 0.3 is 12.0 Å². The second-order valence-corrected chi connectivity index (χ2v) is 2.64. The van der Waals surface area contributed by atoms with Crippen molar-refractivity contribution in [3.63, 3.8) is 0 Å². The van der Waals surface area contributed by atoms with Crippen LogP contribution in [0.3, 0.4) is 0 Å². The molecule has 6 heteroatoms. The van der Waals surface area contributed by atoms with Crippen LogP contribution in [-0.2, 0) is 14.3 Å². The molecule has 0 rings (SSSR count). The number of hydrogen-bond acceptors (Lipinski definition) is 4. The van der Waals surface area contributed by atoms with Crippen LogP contribution in [0.15, 0.2) is 0 Å². The van der Waals surface area contributed by atoms with Gasteiger partial charge in [0.2, 0.25) is 0 Å². The third kappa shape index (κ3) is 5.36. The lowest BCUT2D eigenvalue weighted by atomic mass is 10.3. The van der Waals surface area contributed by atoms with Gasteiger partial charge in [0.1, 0.15) is 6.04 Å². The lowest BCUT2D eigenvalue weighted by Gasteiger charge is -2.11. The van der Waals surface area contributed by atoms with Gasteiger partial charge in [-0.2, -0.15) is 0 Å². The fourth-order valence-electron chi connectivity index (χ4n) is 0.750. The van der Waals surface area contributed by atoms with Crippen molar-refractivity contribution in [1.29, 1.82) is 0 Å². The van der Waals surface area contributed by atoms with Crippen LogP contribution in [-0.4, -0.2) is 45.4 Å². The highest BCUT2D eigenvalue weighted by Gasteiger charge is 2.14. The minimum Gasteiger partial charge on any atom is -0.467 e. The molecule has 1 unspecified atom stereocenters. The molecule has 0 aliphatic heterocycles. The summed E-state index contributed by atoms with van der Waals surface area (Å²) in [5.74, 6) is -0.480. The molecule has 2 amide bonds. The molecule has 14 heavy (non-hydrogen) atoms. The van der Waals surface area contributed by atoms with Gasteiger partial charge in [-0.15, -0.1) is 0 Å². The fraction of sp³-hybridized carbons (Fsp3) is 0.750. The zero-order chi connectivity index (χ0) is 11.0. The topological polar surface area (TPSA) is 76.7 Å². The third-order valence-corrected chi connectivity index (χ3v) is 1.49. The summed E-state index contributed by atoms with van der Waals surface area (Å²) in [5, 5.41) is 4.92. The molecule has 0 bridgehead atoms. The second kappa shape index (κ2) is 7.14. The van der Waals surface area contributed by atoms with Gasteiger partial charge < -0.3 is 20.1 Å². The Morgan fingerprint density at radius 1 is 1.36 bits per heavy atom.